The van der Waals surface area contributed by atoms with Gasteiger partial charge in [0, 0.05) is 5.56 Å². The number of aryl methyl sites for hydroxylation is 1. The summed E-state index contributed by atoms with van der Waals surface area (Å²) >= 11 is 0. The van der Waals surface area contributed by atoms with Crippen LogP contribution in [0.1, 0.15) is 87.6 Å². The second-order valence-corrected chi connectivity index (χ2v) is 8.69. The molecule has 0 amide bonds. The number of hydrogen-bond donors (Lipinski definition) is 0. The summed E-state index contributed by atoms with van der Waals surface area (Å²) in [5.41, 5.74) is 2.89. The molecule has 0 bridgehead atoms. The Morgan fingerprint density at radius 1 is 0.967 bits per heavy atom. The van der Waals surface area contributed by atoms with Crippen LogP contribution in [-0.2, 0) is 11.2 Å². The summed E-state index contributed by atoms with van der Waals surface area (Å²) in [5.74, 6) is 0.311. The minimum Gasteiger partial charge on any atom is -0.459 e. The molecule has 0 aromatic heterocycles. The molecular weight excluding hydrogens is 375 g/mol. The zero-order valence-electron chi connectivity index (χ0n) is 18.5. The highest BCUT2D eigenvalue weighted by molar-refractivity contribution is 5.90. The Bertz CT molecular complexity index is 804. The molecule has 2 aromatic rings. The summed E-state index contributed by atoms with van der Waals surface area (Å²) in [6, 6.07) is 12.5. The summed E-state index contributed by atoms with van der Waals surface area (Å²) in [5, 5.41) is 0. The van der Waals surface area contributed by atoms with Gasteiger partial charge < -0.3 is 4.74 Å². The van der Waals surface area contributed by atoms with Gasteiger partial charge in [0.25, 0.3) is 0 Å². The van der Waals surface area contributed by atoms with Crippen LogP contribution in [0.3, 0.4) is 0 Å². The fourth-order valence-electron chi connectivity index (χ4n) is 4.46. The third kappa shape index (κ3) is 6.17. The van der Waals surface area contributed by atoms with Crippen LogP contribution in [0.4, 0.5) is 4.39 Å². The highest BCUT2D eigenvalue weighted by Crippen LogP contribution is 2.31. The number of unbranched alkanes of at least 4 members (excludes halogenated alkanes) is 2. The van der Waals surface area contributed by atoms with Gasteiger partial charge in [0.2, 0.25) is 0 Å². The predicted octanol–water partition coefficient (Wildman–Crippen LogP) is 7.74. The summed E-state index contributed by atoms with van der Waals surface area (Å²) in [4.78, 5) is 12.5. The maximum atomic E-state index is 14.5. The second-order valence-electron chi connectivity index (χ2n) is 8.69. The van der Waals surface area contributed by atoms with Gasteiger partial charge in [-0.3, -0.25) is 0 Å². The van der Waals surface area contributed by atoms with Gasteiger partial charge in [0.15, 0.2) is 0 Å². The van der Waals surface area contributed by atoms with Gasteiger partial charge in [-0.2, -0.15) is 0 Å². The van der Waals surface area contributed by atoms with Crippen LogP contribution in [0, 0.1) is 11.7 Å². The fraction of sp³-hybridized carbons (Fsp3) is 0.519. The maximum absolute atomic E-state index is 14.5. The van der Waals surface area contributed by atoms with E-state index >= 15 is 0 Å². The first-order valence-electron chi connectivity index (χ1n) is 11.7. The largest absolute Gasteiger partial charge is 0.459 e. The number of halogens is 1. The lowest BCUT2D eigenvalue weighted by Gasteiger charge is -2.28. The molecule has 0 unspecified atom stereocenters. The molecule has 0 N–H and O–H groups in total. The van der Waals surface area contributed by atoms with E-state index in [1.54, 1.807) is 30.3 Å². The molecule has 0 saturated heterocycles. The summed E-state index contributed by atoms with van der Waals surface area (Å²) < 4.78 is 20.2. The molecule has 0 radical (unpaired) electrons. The standard InChI is InChI=1S/C27H35FO2/c1-3-5-6-8-20-9-16-24(17-10-20)30-27(29)23-14-12-22(13-15-23)25-18-11-21(7-4-2)19-26(25)28/h11-15,18-20,24H,3-10,16-17H2,1-2H3/t20-,24-. The lowest BCUT2D eigenvalue weighted by atomic mass is 9.84. The molecular formula is C27H35FO2. The van der Waals surface area contributed by atoms with Crippen molar-refractivity contribution in [3.63, 3.8) is 0 Å². The van der Waals surface area contributed by atoms with Gasteiger partial charge in [-0.15, -0.1) is 0 Å². The molecule has 1 aliphatic rings. The molecule has 2 nitrogen and oxygen atoms in total. The van der Waals surface area contributed by atoms with Gasteiger partial charge in [0.1, 0.15) is 11.9 Å². The van der Waals surface area contributed by atoms with Crippen LogP contribution >= 0.6 is 0 Å². The molecule has 2 aromatic carbocycles. The Morgan fingerprint density at radius 2 is 1.70 bits per heavy atom. The van der Waals surface area contributed by atoms with Crippen molar-refractivity contribution in [1.29, 1.82) is 0 Å². The monoisotopic (exact) mass is 410 g/mol. The predicted molar refractivity (Wildman–Crippen MR) is 121 cm³/mol. The number of benzene rings is 2. The van der Waals surface area contributed by atoms with Crippen LogP contribution in [0.5, 0.6) is 0 Å². The Balaban J connectivity index is 1.53. The van der Waals surface area contributed by atoms with Crippen molar-refractivity contribution in [2.45, 2.75) is 84.2 Å². The van der Waals surface area contributed by atoms with Crippen molar-refractivity contribution in [2.75, 3.05) is 0 Å². The zero-order chi connectivity index (χ0) is 21.3. The summed E-state index contributed by atoms with van der Waals surface area (Å²) in [6.07, 6.45) is 11.4. The number of rotatable bonds is 9. The molecule has 3 heteroatoms. The van der Waals surface area contributed by atoms with Gasteiger partial charge in [-0.05, 0) is 67.3 Å². The van der Waals surface area contributed by atoms with Crippen LogP contribution < -0.4 is 0 Å². The van der Waals surface area contributed by atoms with Crippen molar-refractivity contribution >= 4 is 5.97 Å². The van der Waals surface area contributed by atoms with Crippen LogP contribution in [0.2, 0.25) is 0 Å². The van der Waals surface area contributed by atoms with Crippen molar-refractivity contribution in [3.05, 3.63) is 59.4 Å². The van der Waals surface area contributed by atoms with E-state index in [9.17, 15) is 9.18 Å². The van der Waals surface area contributed by atoms with Crippen molar-refractivity contribution in [3.8, 4) is 11.1 Å². The fourth-order valence-corrected chi connectivity index (χ4v) is 4.46. The van der Waals surface area contributed by atoms with Crippen LogP contribution in [0.25, 0.3) is 11.1 Å². The van der Waals surface area contributed by atoms with Crippen molar-refractivity contribution in [2.24, 2.45) is 5.92 Å². The average molecular weight is 411 g/mol. The smallest absolute Gasteiger partial charge is 0.338 e. The molecule has 0 aliphatic heterocycles. The molecule has 3 rings (SSSR count). The first-order chi connectivity index (χ1) is 14.6. The van der Waals surface area contributed by atoms with E-state index in [0.717, 1.165) is 55.6 Å². The van der Waals surface area contributed by atoms with E-state index in [0.29, 0.717) is 11.1 Å². The van der Waals surface area contributed by atoms with Crippen molar-refractivity contribution < 1.29 is 13.9 Å². The first-order valence-corrected chi connectivity index (χ1v) is 11.7. The van der Waals surface area contributed by atoms with E-state index in [4.69, 9.17) is 4.74 Å². The Hall–Kier alpha value is -2.16. The lowest BCUT2D eigenvalue weighted by Crippen LogP contribution is -2.24. The SMILES string of the molecule is CCCCC[C@H]1CC[C@H](OC(=O)c2ccc(-c3ccc(CCC)cc3F)cc2)CC1. The van der Waals surface area contributed by atoms with E-state index in [-0.39, 0.29) is 17.9 Å². The number of carbonyl (C=O) groups excluding carboxylic acids is 1. The highest BCUT2D eigenvalue weighted by atomic mass is 19.1. The van der Waals surface area contributed by atoms with Gasteiger partial charge >= 0.3 is 5.97 Å². The molecule has 1 fully saturated rings. The van der Waals surface area contributed by atoms with E-state index in [2.05, 4.69) is 13.8 Å². The molecule has 1 saturated carbocycles. The van der Waals surface area contributed by atoms with E-state index in [1.807, 2.05) is 12.1 Å². The summed E-state index contributed by atoms with van der Waals surface area (Å²) in [6.45, 7) is 4.32. The van der Waals surface area contributed by atoms with Crippen molar-refractivity contribution in [1.82, 2.24) is 0 Å². The Labute approximate surface area is 180 Å². The Kier molecular flexibility index (Phi) is 8.48. The minimum absolute atomic E-state index is 0.0307. The normalized spacial score (nSPS) is 18.9. The third-order valence-corrected chi connectivity index (χ3v) is 6.29. The molecule has 0 atom stereocenters. The highest BCUT2D eigenvalue weighted by Gasteiger charge is 2.24. The van der Waals surface area contributed by atoms with Gasteiger partial charge in [-0.1, -0.05) is 70.2 Å². The Morgan fingerprint density at radius 3 is 2.33 bits per heavy atom. The number of ether oxygens (including phenoxy) is 1. The number of hydrogen-bond acceptors (Lipinski definition) is 2. The van der Waals surface area contributed by atoms with Crippen LogP contribution in [-0.4, -0.2) is 12.1 Å². The zero-order valence-corrected chi connectivity index (χ0v) is 18.5. The third-order valence-electron chi connectivity index (χ3n) is 6.29. The van der Waals surface area contributed by atoms with Gasteiger partial charge in [0.05, 0.1) is 5.56 Å². The quantitative estimate of drug-likeness (QED) is 0.312. The second kappa shape index (κ2) is 11.3. The van der Waals surface area contributed by atoms with Gasteiger partial charge in [-0.25, -0.2) is 9.18 Å². The molecule has 162 valence electrons. The molecule has 30 heavy (non-hydrogen) atoms. The molecule has 1 aliphatic carbocycles. The molecule has 0 spiro atoms. The number of carbonyl (C=O) groups is 1. The topological polar surface area (TPSA) is 26.3 Å². The van der Waals surface area contributed by atoms with Crippen LogP contribution in [0.15, 0.2) is 42.5 Å². The average Bonchev–Trinajstić information content (AvgIpc) is 2.76. The summed E-state index contributed by atoms with van der Waals surface area (Å²) in [7, 11) is 0. The number of esters is 1. The van der Waals surface area contributed by atoms with E-state index < -0.39 is 0 Å². The first kappa shape index (κ1) is 22.5. The minimum atomic E-state index is -0.269. The van der Waals surface area contributed by atoms with E-state index in [1.165, 1.54) is 25.7 Å². The lowest BCUT2D eigenvalue weighted by molar-refractivity contribution is 0.0161. The molecule has 0 heterocycles. The maximum Gasteiger partial charge on any atom is 0.338 e.